The number of carbonyl (C=O) groups excluding carboxylic acids is 12. The molecule has 1 aliphatic carbocycles. The van der Waals surface area contributed by atoms with Gasteiger partial charge in [-0.15, -0.1) is 0 Å². The Bertz CT molecular complexity index is 6000. The largest absolute Gasteiger partial charge is 0.490 e. The molecule has 0 spiro atoms. The van der Waals surface area contributed by atoms with Gasteiger partial charge in [-0.25, -0.2) is 19.2 Å². The van der Waals surface area contributed by atoms with Gasteiger partial charge in [-0.2, -0.15) is 0 Å². The van der Waals surface area contributed by atoms with Gasteiger partial charge < -0.3 is 63.8 Å². The molecule has 30 heteroatoms. The van der Waals surface area contributed by atoms with Crippen LogP contribution in [0.1, 0.15) is 251 Å². The molecule has 2 atom stereocenters. The number of alkyl halides is 1. The Balaban J connectivity index is 0.000000131. The minimum absolute atomic E-state index is 0.0105. The van der Waals surface area contributed by atoms with E-state index in [4.69, 9.17) is 28.3 Å². The Labute approximate surface area is 780 Å². The van der Waals surface area contributed by atoms with Crippen LogP contribution in [0, 0.1) is 0 Å². The summed E-state index contributed by atoms with van der Waals surface area (Å²) in [6.07, 6.45) is 9.68. The minimum atomic E-state index is -0.580. The number of anilines is 4. The second kappa shape index (κ2) is 38.1. The fraction of sp³-hybridized carbons (Fsp3) is 0.446. The summed E-state index contributed by atoms with van der Waals surface area (Å²) in [6.45, 7) is 35.7. The first kappa shape index (κ1) is 95.7. The average Bonchev–Trinajstić information content (AvgIpc) is 1.55. The van der Waals surface area contributed by atoms with Crippen molar-refractivity contribution in [1.29, 1.82) is 0 Å². The fourth-order valence-electron chi connectivity index (χ4n) is 18.0. The van der Waals surface area contributed by atoms with E-state index < -0.39 is 28.4 Å². The lowest BCUT2D eigenvalue weighted by Crippen LogP contribution is -2.46. The highest BCUT2D eigenvalue weighted by Gasteiger charge is 2.53. The third-order valence-electron chi connectivity index (χ3n) is 25.1. The first-order chi connectivity index (χ1) is 61.7. The molecule has 11 aliphatic rings. The SMILES string of the molecule is CC(C)(C)OC(=O)N1CC=C(B2OC(C)(C)C(C)(C)O2)CC1.CC(C)(C)OC(=O)N1CC=C(c2ccc3c4c(cccc24)C(=O)N3)CC1.CC(C)(C)OC(=O)N1CCC(c2ccc3c4c(cccc24)C(=O)N3)CC1.CC(C)(C)OC(=O)N1CCC(c2ccc3c4c(cccc24)C(=O)N3C2CCC(=O)CC2=O)CC1.O=C1CCC(Br)C(=O)N1.O=C1Nc2ccc(Br)c3cccc1c23. The van der Waals surface area contributed by atoms with Gasteiger partial charge in [0.25, 0.3) is 23.6 Å². The number of nitrogens with one attached hydrogen (secondary N) is 4. The van der Waals surface area contributed by atoms with Crippen molar-refractivity contribution in [2.24, 2.45) is 0 Å². The Kier molecular flexibility index (Phi) is 27.8. The van der Waals surface area contributed by atoms with Gasteiger partial charge in [-0.1, -0.05) is 111 Å². The van der Waals surface area contributed by atoms with Crippen LogP contribution in [0.15, 0.2) is 143 Å². The van der Waals surface area contributed by atoms with E-state index in [1.54, 1.807) is 24.5 Å². The van der Waals surface area contributed by atoms with E-state index in [1.807, 2.05) is 208 Å². The molecule has 690 valence electrons. The van der Waals surface area contributed by atoms with Crippen LogP contribution in [0.3, 0.4) is 0 Å². The van der Waals surface area contributed by atoms with Crippen molar-refractivity contribution in [1.82, 2.24) is 24.9 Å². The number of rotatable bonds is 5. The maximum atomic E-state index is 13.4. The average molecular weight is 1910 g/mol. The lowest BCUT2D eigenvalue weighted by atomic mass is 9.75. The van der Waals surface area contributed by atoms with Crippen LogP contribution in [-0.4, -0.2) is 195 Å². The second-order valence-electron chi connectivity index (χ2n) is 39.7. The van der Waals surface area contributed by atoms with Crippen molar-refractivity contribution in [3.05, 3.63) is 182 Å². The standard InChI is InChI=1S/C27H30N2O5.C21H24N2O3.C21H22N2O3.C16H28BNO4.C11H6BrNO.C5H6BrNO2/c1-27(2,3)34-26(33)28-13-11-16(12-14-28)18-8-10-22-24-19(18)5-4-6-20(24)25(32)29(22)21-9-7-17(30)15-23(21)31;2*1-21(2,3)26-20(25)23-11-9-13(10-12-23)14-7-8-17-18-15(14)5-4-6-16(18)19(24)22-17;1-14(2,3)20-13(19)18-10-8-12(9-11-18)17-21-15(4,5)16(6,7)22-17;12-8-4-5-9-10-6(8)2-1-3-7(10)11(14)13-9;6-3-1-2-4(8)7-5(3)9/h4-6,8,10,16,21H,7,9,11-15H2,1-3H3;4-8,13H,9-12H2,1-3H3,(H,22,24);4-9H,10-12H2,1-3H3,(H,22,24);8H,9-11H2,1-7H3;1-5H,(H,13,14);3H,1-2H2,(H,7,8,9). The van der Waals surface area contributed by atoms with E-state index in [-0.39, 0.29) is 107 Å². The number of hydrogen-bond acceptors (Lipinski definition) is 18. The topological polar surface area (TPSA) is 325 Å². The number of halogens is 2. The zero-order valence-corrected chi connectivity index (χ0v) is 80.5. The Hall–Kier alpha value is -11.3. The zero-order valence-electron chi connectivity index (χ0n) is 77.4. The first-order valence-corrected chi connectivity index (χ1v) is 46.7. The number of nitrogens with zero attached hydrogens (tertiary/aromatic N) is 5. The molecule has 27 nitrogen and oxygen atoms in total. The lowest BCUT2D eigenvalue weighted by molar-refractivity contribution is -0.133. The number of hydrogen-bond donors (Lipinski definition) is 4. The van der Waals surface area contributed by atoms with Crippen molar-refractivity contribution in [3.63, 3.8) is 0 Å². The van der Waals surface area contributed by atoms with Crippen LogP contribution < -0.4 is 26.2 Å². The van der Waals surface area contributed by atoms with Crippen LogP contribution >= 0.6 is 31.9 Å². The number of ether oxygens (including phenoxy) is 4. The van der Waals surface area contributed by atoms with Crippen molar-refractivity contribution < 1.29 is 85.8 Å². The molecule has 0 radical (unpaired) electrons. The normalized spacial score (nSPS) is 19.7. The molecular formula is C101H116BBr2N9O18. The van der Waals surface area contributed by atoms with E-state index in [0.717, 1.165) is 137 Å². The third-order valence-corrected chi connectivity index (χ3v) is 26.7. The van der Waals surface area contributed by atoms with Gasteiger partial charge in [0.1, 0.15) is 28.2 Å². The first-order valence-electron chi connectivity index (χ1n) is 45.0. The van der Waals surface area contributed by atoms with Gasteiger partial charge in [-0.3, -0.25) is 48.6 Å². The summed E-state index contributed by atoms with van der Waals surface area (Å²) in [5, 5.41) is 19.2. The molecule has 19 rings (SSSR count). The number of Topliss-reactive ketones (excluding diaryl/α,β-unsaturated/α-hetero) is 2. The van der Waals surface area contributed by atoms with Gasteiger partial charge >= 0.3 is 31.5 Å². The van der Waals surface area contributed by atoms with Crippen molar-refractivity contribution in [2.45, 2.75) is 238 Å². The fourth-order valence-corrected chi connectivity index (χ4v) is 18.8. The van der Waals surface area contributed by atoms with Gasteiger partial charge in [0, 0.05) is 131 Å². The van der Waals surface area contributed by atoms with E-state index in [9.17, 15) is 57.5 Å². The van der Waals surface area contributed by atoms with E-state index >= 15 is 0 Å². The molecule has 131 heavy (non-hydrogen) atoms. The summed E-state index contributed by atoms with van der Waals surface area (Å²) in [5.41, 5.74) is 9.58. The van der Waals surface area contributed by atoms with E-state index in [0.29, 0.717) is 89.5 Å². The van der Waals surface area contributed by atoms with Gasteiger partial charge in [0.05, 0.1) is 34.2 Å². The summed E-state index contributed by atoms with van der Waals surface area (Å²) >= 11 is 6.59. The lowest BCUT2D eigenvalue weighted by Gasteiger charge is -2.34. The Morgan fingerprint density at radius 3 is 1.30 bits per heavy atom. The summed E-state index contributed by atoms with van der Waals surface area (Å²) in [7, 11) is -0.314. The number of ketones is 2. The monoisotopic (exact) mass is 1910 g/mol. The summed E-state index contributed by atoms with van der Waals surface area (Å²) in [5.74, 6) is -0.211. The van der Waals surface area contributed by atoms with Crippen LogP contribution in [0.2, 0.25) is 0 Å². The highest BCUT2D eigenvalue weighted by molar-refractivity contribution is 9.10. The predicted molar refractivity (Wildman–Crippen MR) is 513 cm³/mol. The summed E-state index contributed by atoms with van der Waals surface area (Å²) in [6, 6.07) is 38.7. The van der Waals surface area contributed by atoms with Gasteiger partial charge in [0.15, 0.2) is 5.78 Å². The van der Waals surface area contributed by atoms with E-state index in [2.05, 4.69) is 89.5 Å². The Morgan fingerprint density at radius 1 is 0.427 bits per heavy atom. The van der Waals surface area contributed by atoms with E-state index in [1.165, 1.54) is 16.7 Å². The number of amides is 10. The number of benzene rings is 8. The van der Waals surface area contributed by atoms with Crippen molar-refractivity contribution in [2.75, 3.05) is 73.2 Å². The number of carbonyl (C=O) groups is 12. The molecule has 0 aromatic heterocycles. The third kappa shape index (κ3) is 21.6. The van der Waals surface area contributed by atoms with Gasteiger partial charge in [0.2, 0.25) is 11.8 Å². The molecule has 10 aliphatic heterocycles. The van der Waals surface area contributed by atoms with Crippen LogP contribution in [0.25, 0.3) is 48.7 Å². The molecule has 4 N–H and O–H groups in total. The van der Waals surface area contributed by atoms with Gasteiger partial charge in [-0.05, 0) is 278 Å². The molecule has 5 fully saturated rings. The molecule has 8 aromatic rings. The molecule has 0 bridgehead atoms. The molecule has 8 aromatic carbocycles. The maximum absolute atomic E-state index is 13.4. The molecule has 1 saturated carbocycles. The van der Waals surface area contributed by atoms with Crippen molar-refractivity contribution in [3.8, 4) is 0 Å². The predicted octanol–water partition coefficient (Wildman–Crippen LogP) is 20.1. The molecule has 4 saturated heterocycles. The van der Waals surface area contributed by atoms with Crippen LogP contribution in [0.5, 0.6) is 0 Å². The van der Waals surface area contributed by atoms with Crippen LogP contribution in [0.4, 0.5) is 41.9 Å². The highest BCUT2D eigenvalue weighted by Crippen LogP contribution is 2.48. The maximum Gasteiger partial charge on any atom is 0.490 e. The summed E-state index contributed by atoms with van der Waals surface area (Å²) in [4.78, 5) is 152. The van der Waals surface area contributed by atoms with Crippen LogP contribution in [-0.2, 0) is 47.4 Å². The molecule has 2 unspecified atom stereocenters. The summed E-state index contributed by atoms with van der Waals surface area (Å²) < 4.78 is 35.0. The Morgan fingerprint density at radius 2 is 0.847 bits per heavy atom. The smallest absolute Gasteiger partial charge is 0.444 e. The molecular weight excluding hydrogens is 1800 g/mol. The minimum Gasteiger partial charge on any atom is -0.444 e. The van der Waals surface area contributed by atoms with Crippen molar-refractivity contribution >= 4 is 182 Å². The number of likely N-dealkylation sites (tertiary alicyclic amines) is 2. The second-order valence-corrected chi connectivity index (χ2v) is 41.6. The quantitative estimate of drug-likeness (QED) is 0.0409. The molecule has 10 heterocycles. The number of piperidine rings is 3. The number of imide groups is 1. The zero-order chi connectivity index (χ0) is 94.5. The highest BCUT2D eigenvalue weighted by atomic mass is 79.9. The molecule has 10 amide bonds.